The molecule has 8 nitrogen and oxygen atoms in total. The number of nitrogens with zero attached hydrogens (tertiary/aromatic N) is 4. The normalized spacial score (nSPS) is 17.4. The van der Waals surface area contributed by atoms with Gasteiger partial charge in [-0.1, -0.05) is 36.0 Å². The fraction of sp³-hybridized carbons (Fsp3) is 0.526. The van der Waals surface area contributed by atoms with Crippen LogP contribution < -0.4 is 5.32 Å². The van der Waals surface area contributed by atoms with Gasteiger partial charge in [-0.25, -0.2) is 4.68 Å². The van der Waals surface area contributed by atoms with Crippen molar-refractivity contribution in [1.82, 2.24) is 25.5 Å². The highest BCUT2D eigenvalue weighted by Crippen LogP contribution is 2.24. The second-order valence-corrected chi connectivity index (χ2v) is 8.14. The fourth-order valence-electron chi connectivity index (χ4n) is 3.04. The number of benzene rings is 1. The molecule has 2 atom stereocenters. The van der Waals surface area contributed by atoms with Crippen LogP contribution in [-0.4, -0.2) is 56.4 Å². The van der Waals surface area contributed by atoms with Gasteiger partial charge in [0.2, 0.25) is 11.1 Å². The van der Waals surface area contributed by atoms with Crippen LogP contribution in [0.5, 0.6) is 0 Å². The van der Waals surface area contributed by atoms with Gasteiger partial charge in [0.25, 0.3) is 0 Å². The molecule has 3 rings (SSSR count). The number of thioether (sulfide) groups is 1. The predicted molar refractivity (Wildman–Crippen MR) is 105 cm³/mol. The molecule has 28 heavy (non-hydrogen) atoms. The Morgan fingerprint density at radius 2 is 2.14 bits per heavy atom. The molecule has 1 N–H and O–H groups in total. The van der Waals surface area contributed by atoms with Gasteiger partial charge in [0.05, 0.1) is 17.9 Å². The standard InChI is InChI=1S/C19H25N5O3S/c1-13(28-19-21-22-23-24(19)12-17-4-3-11-27-17)18(26)16-7-5-15(6-8-16)9-10-20-14(2)25/h5-8,13,17H,3-4,9-12H2,1-2H3,(H,20,25). The highest BCUT2D eigenvalue weighted by atomic mass is 32.2. The fourth-order valence-corrected chi connectivity index (χ4v) is 3.92. The number of tetrazole rings is 1. The number of ether oxygens (including phenoxy) is 1. The van der Waals surface area contributed by atoms with E-state index in [4.69, 9.17) is 4.74 Å². The van der Waals surface area contributed by atoms with E-state index in [2.05, 4.69) is 20.8 Å². The molecule has 2 unspecified atom stereocenters. The first-order chi connectivity index (χ1) is 13.5. The summed E-state index contributed by atoms with van der Waals surface area (Å²) in [5.74, 6) is -0.00967. The Kier molecular flexibility index (Phi) is 7.16. The number of hydrogen-bond donors (Lipinski definition) is 1. The van der Waals surface area contributed by atoms with Crippen molar-refractivity contribution in [2.45, 2.75) is 56.2 Å². The van der Waals surface area contributed by atoms with Gasteiger partial charge in [-0.3, -0.25) is 9.59 Å². The molecule has 0 saturated carbocycles. The van der Waals surface area contributed by atoms with Gasteiger partial charge in [-0.05, 0) is 42.2 Å². The molecule has 0 spiro atoms. The Morgan fingerprint density at radius 1 is 1.36 bits per heavy atom. The molecule has 1 aliphatic rings. The molecule has 1 aromatic carbocycles. The van der Waals surface area contributed by atoms with Crippen molar-refractivity contribution in [3.63, 3.8) is 0 Å². The average molecular weight is 404 g/mol. The van der Waals surface area contributed by atoms with Crippen LogP contribution in [0.15, 0.2) is 29.4 Å². The maximum Gasteiger partial charge on any atom is 0.216 e. The molecule has 1 aliphatic heterocycles. The second-order valence-electron chi connectivity index (χ2n) is 6.83. The zero-order valence-corrected chi connectivity index (χ0v) is 16.9. The lowest BCUT2D eigenvalue weighted by atomic mass is 10.0. The lowest BCUT2D eigenvalue weighted by Crippen LogP contribution is -2.22. The first-order valence-corrected chi connectivity index (χ1v) is 10.3. The summed E-state index contributed by atoms with van der Waals surface area (Å²) in [5, 5.41) is 14.9. The Labute approximate surface area is 168 Å². The highest BCUT2D eigenvalue weighted by molar-refractivity contribution is 8.00. The highest BCUT2D eigenvalue weighted by Gasteiger charge is 2.23. The molecule has 0 radical (unpaired) electrons. The van der Waals surface area contributed by atoms with Crippen molar-refractivity contribution in [2.24, 2.45) is 0 Å². The maximum atomic E-state index is 12.8. The molecule has 1 aromatic heterocycles. The summed E-state index contributed by atoms with van der Waals surface area (Å²) in [4.78, 5) is 23.7. The topological polar surface area (TPSA) is 99.0 Å². The number of Topliss-reactive ketones (excluding diaryl/α,β-unsaturated/α-hetero) is 1. The molecule has 0 aliphatic carbocycles. The smallest absolute Gasteiger partial charge is 0.216 e. The van der Waals surface area contributed by atoms with Crippen molar-refractivity contribution in [2.75, 3.05) is 13.2 Å². The number of aromatic nitrogens is 4. The van der Waals surface area contributed by atoms with E-state index in [9.17, 15) is 9.59 Å². The van der Waals surface area contributed by atoms with Gasteiger partial charge in [0.1, 0.15) is 0 Å². The van der Waals surface area contributed by atoms with Crippen LogP contribution in [-0.2, 0) is 22.5 Å². The minimum atomic E-state index is -0.306. The van der Waals surface area contributed by atoms with Crippen molar-refractivity contribution < 1.29 is 14.3 Å². The van der Waals surface area contributed by atoms with E-state index in [0.29, 0.717) is 23.8 Å². The lowest BCUT2D eigenvalue weighted by Gasteiger charge is -2.13. The molecule has 9 heteroatoms. The molecule has 2 heterocycles. The molecule has 0 bridgehead atoms. The monoisotopic (exact) mass is 403 g/mol. The van der Waals surface area contributed by atoms with Crippen molar-refractivity contribution in [3.05, 3.63) is 35.4 Å². The summed E-state index contributed by atoms with van der Waals surface area (Å²) in [6.07, 6.45) is 2.94. The third kappa shape index (κ3) is 5.62. The van der Waals surface area contributed by atoms with Gasteiger partial charge >= 0.3 is 0 Å². The Balaban J connectivity index is 1.55. The minimum Gasteiger partial charge on any atom is -0.376 e. The summed E-state index contributed by atoms with van der Waals surface area (Å²) in [6, 6.07) is 7.51. The van der Waals surface area contributed by atoms with Crippen LogP contribution in [0.1, 0.15) is 42.6 Å². The summed E-state index contributed by atoms with van der Waals surface area (Å²) in [5.41, 5.74) is 1.73. The molecular weight excluding hydrogens is 378 g/mol. The number of carbonyl (C=O) groups excluding carboxylic acids is 2. The summed E-state index contributed by atoms with van der Waals surface area (Å²) < 4.78 is 7.36. The SMILES string of the molecule is CC(=O)NCCc1ccc(C(=O)C(C)Sc2nnnn2CC2CCCO2)cc1. The van der Waals surface area contributed by atoms with Crippen LogP contribution in [0.4, 0.5) is 0 Å². The van der Waals surface area contributed by atoms with E-state index in [1.54, 1.807) is 4.68 Å². The van der Waals surface area contributed by atoms with Gasteiger partial charge in [-0.2, -0.15) is 0 Å². The minimum absolute atomic E-state index is 0.0325. The maximum absolute atomic E-state index is 12.8. The molecular formula is C19H25N5O3S. The molecule has 150 valence electrons. The number of amides is 1. The first kappa shape index (κ1) is 20.5. The average Bonchev–Trinajstić information content (AvgIpc) is 3.34. The van der Waals surface area contributed by atoms with E-state index in [1.165, 1.54) is 18.7 Å². The van der Waals surface area contributed by atoms with Crippen molar-refractivity contribution in [3.8, 4) is 0 Å². The van der Waals surface area contributed by atoms with Gasteiger partial charge in [-0.15, -0.1) is 5.10 Å². The largest absolute Gasteiger partial charge is 0.376 e. The van der Waals surface area contributed by atoms with Gasteiger partial charge in [0, 0.05) is 25.6 Å². The second kappa shape index (κ2) is 9.79. The Morgan fingerprint density at radius 3 is 2.82 bits per heavy atom. The molecule has 2 aromatic rings. The van der Waals surface area contributed by atoms with E-state index < -0.39 is 0 Å². The van der Waals surface area contributed by atoms with Crippen LogP contribution >= 0.6 is 11.8 Å². The first-order valence-electron chi connectivity index (χ1n) is 9.45. The Hall–Kier alpha value is -2.26. The van der Waals surface area contributed by atoms with Crippen LogP contribution in [0.2, 0.25) is 0 Å². The number of rotatable bonds is 9. The zero-order valence-electron chi connectivity index (χ0n) is 16.1. The van der Waals surface area contributed by atoms with Gasteiger partial charge in [0.15, 0.2) is 5.78 Å². The van der Waals surface area contributed by atoms with Gasteiger partial charge < -0.3 is 10.1 Å². The number of carbonyl (C=O) groups is 2. The number of ketones is 1. The van der Waals surface area contributed by atoms with Crippen LogP contribution in [0.25, 0.3) is 0 Å². The Bertz CT molecular complexity index is 802. The van der Waals surface area contributed by atoms with E-state index >= 15 is 0 Å². The molecule has 1 fully saturated rings. The molecule has 1 saturated heterocycles. The number of hydrogen-bond acceptors (Lipinski definition) is 7. The van der Waals surface area contributed by atoms with Crippen molar-refractivity contribution >= 4 is 23.5 Å². The lowest BCUT2D eigenvalue weighted by molar-refractivity contribution is -0.118. The third-order valence-corrected chi connectivity index (χ3v) is 5.65. The number of nitrogens with one attached hydrogen (secondary N) is 1. The summed E-state index contributed by atoms with van der Waals surface area (Å²) >= 11 is 1.36. The summed E-state index contributed by atoms with van der Waals surface area (Å²) in [7, 11) is 0. The van der Waals surface area contributed by atoms with E-state index in [1.807, 2.05) is 31.2 Å². The third-order valence-electron chi connectivity index (χ3n) is 4.58. The van der Waals surface area contributed by atoms with E-state index in [-0.39, 0.29) is 23.0 Å². The van der Waals surface area contributed by atoms with Crippen LogP contribution in [0, 0.1) is 0 Å². The quantitative estimate of drug-likeness (QED) is 0.504. The van der Waals surface area contributed by atoms with E-state index in [0.717, 1.165) is 31.4 Å². The zero-order chi connectivity index (χ0) is 19.9. The summed E-state index contributed by atoms with van der Waals surface area (Å²) in [6.45, 7) is 5.34. The predicted octanol–water partition coefficient (Wildman–Crippen LogP) is 1.89. The van der Waals surface area contributed by atoms with Crippen LogP contribution in [0.3, 0.4) is 0 Å². The molecule has 1 amide bonds. The van der Waals surface area contributed by atoms with Crippen molar-refractivity contribution in [1.29, 1.82) is 0 Å².